The van der Waals surface area contributed by atoms with E-state index < -0.39 is 7.60 Å². The minimum Gasteiger partial charge on any atom is -0.371 e. The zero-order valence-corrected chi connectivity index (χ0v) is 11.2. The predicted molar refractivity (Wildman–Crippen MR) is 63.4 cm³/mol. The number of ether oxygens (including phenoxy) is 2. The van der Waals surface area contributed by atoms with Crippen molar-refractivity contribution >= 4 is 7.60 Å². The third-order valence-corrected chi connectivity index (χ3v) is 4.70. The second kappa shape index (κ2) is 6.30. The Labute approximate surface area is 102 Å². The van der Waals surface area contributed by atoms with E-state index in [2.05, 4.69) is 6.92 Å². The predicted octanol–water partition coefficient (Wildman–Crippen LogP) is 2.20. The van der Waals surface area contributed by atoms with E-state index >= 15 is 0 Å². The van der Waals surface area contributed by atoms with Gasteiger partial charge < -0.3 is 18.5 Å². The lowest BCUT2D eigenvalue weighted by Crippen LogP contribution is -2.08. The van der Waals surface area contributed by atoms with Crippen LogP contribution in [0, 0.1) is 0 Å². The highest BCUT2D eigenvalue weighted by molar-refractivity contribution is 7.53. The summed E-state index contributed by atoms with van der Waals surface area (Å²) in [6, 6.07) is 0. The van der Waals surface area contributed by atoms with Gasteiger partial charge >= 0.3 is 7.60 Å². The van der Waals surface area contributed by atoms with Crippen LogP contribution in [0.25, 0.3) is 0 Å². The van der Waals surface area contributed by atoms with Gasteiger partial charge in [-0.05, 0) is 6.42 Å². The van der Waals surface area contributed by atoms with E-state index in [0.29, 0.717) is 32.6 Å². The Morgan fingerprint density at radius 1 is 1.12 bits per heavy atom. The van der Waals surface area contributed by atoms with Crippen molar-refractivity contribution in [1.82, 2.24) is 0 Å². The van der Waals surface area contributed by atoms with Crippen molar-refractivity contribution < 1.29 is 23.1 Å². The van der Waals surface area contributed by atoms with E-state index in [1.165, 1.54) is 0 Å². The molecular weight excluding hydrogens is 243 g/mol. The Balaban J connectivity index is 1.72. The molecule has 17 heavy (non-hydrogen) atoms. The quantitative estimate of drug-likeness (QED) is 0.344. The van der Waals surface area contributed by atoms with Crippen molar-refractivity contribution in [2.24, 2.45) is 0 Å². The zero-order valence-electron chi connectivity index (χ0n) is 10.3. The van der Waals surface area contributed by atoms with Crippen molar-refractivity contribution in [3.05, 3.63) is 0 Å². The molecule has 2 aliphatic rings. The van der Waals surface area contributed by atoms with Gasteiger partial charge in [0.1, 0.15) is 12.2 Å². The minimum absolute atomic E-state index is 0.121. The van der Waals surface area contributed by atoms with Crippen LogP contribution in [0.1, 0.15) is 26.2 Å². The number of hydrogen-bond donors (Lipinski definition) is 0. The second-order valence-electron chi connectivity index (χ2n) is 4.54. The Morgan fingerprint density at radius 2 is 1.65 bits per heavy atom. The van der Waals surface area contributed by atoms with Crippen molar-refractivity contribution in [1.29, 1.82) is 0 Å². The zero-order chi connectivity index (χ0) is 12.1. The molecule has 0 amide bonds. The molecular formula is C11H21O5P. The highest BCUT2D eigenvalue weighted by atomic mass is 31.2. The van der Waals surface area contributed by atoms with E-state index in [4.69, 9.17) is 18.5 Å². The maximum absolute atomic E-state index is 12.4. The van der Waals surface area contributed by atoms with Crippen LogP contribution in [0.15, 0.2) is 0 Å². The number of hydrogen-bond acceptors (Lipinski definition) is 5. The molecule has 0 spiro atoms. The summed E-state index contributed by atoms with van der Waals surface area (Å²) in [7, 11) is -2.94. The molecule has 2 fully saturated rings. The summed E-state index contributed by atoms with van der Waals surface area (Å²) in [5, 5.41) is 0. The Morgan fingerprint density at radius 3 is 2.06 bits per heavy atom. The van der Waals surface area contributed by atoms with Gasteiger partial charge in [0.05, 0.1) is 32.6 Å². The maximum atomic E-state index is 12.4. The smallest absolute Gasteiger partial charge is 0.330 e. The average molecular weight is 264 g/mol. The Hall–Kier alpha value is 0.0700. The first-order chi connectivity index (χ1) is 8.22. The minimum atomic E-state index is -2.94. The van der Waals surface area contributed by atoms with Crippen molar-refractivity contribution in [3.8, 4) is 0 Å². The molecule has 6 heteroatoms. The van der Waals surface area contributed by atoms with Gasteiger partial charge in [-0.25, -0.2) is 0 Å². The van der Waals surface area contributed by atoms with Gasteiger partial charge in [0.25, 0.3) is 0 Å². The summed E-state index contributed by atoms with van der Waals surface area (Å²) >= 11 is 0. The van der Waals surface area contributed by atoms with E-state index in [1.807, 2.05) is 0 Å². The molecule has 100 valence electrons. The summed E-state index contributed by atoms with van der Waals surface area (Å²) in [6.07, 6.45) is 3.77. The topological polar surface area (TPSA) is 60.6 Å². The molecule has 0 aromatic rings. The number of unbranched alkanes of at least 4 members (excludes halogenated alkanes) is 2. The molecule has 0 bridgehead atoms. The van der Waals surface area contributed by atoms with E-state index in [-0.39, 0.29) is 12.2 Å². The molecule has 0 N–H and O–H groups in total. The fraction of sp³-hybridized carbons (Fsp3) is 1.00. The standard InChI is InChI=1S/C11H21O5P/c1-2-3-4-5-17(12,15-8-10-6-13-10)16-9-11-7-14-11/h10-11H,2-9H2,1H3. The van der Waals surface area contributed by atoms with E-state index in [0.717, 1.165) is 19.3 Å². The van der Waals surface area contributed by atoms with E-state index in [9.17, 15) is 4.57 Å². The van der Waals surface area contributed by atoms with Crippen LogP contribution in [0.5, 0.6) is 0 Å². The van der Waals surface area contributed by atoms with Gasteiger partial charge in [-0.2, -0.15) is 0 Å². The first-order valence-electron chi connectivity index (χ1n) is 6.33. The number of rotatable bonds is 10. The van der Waals surface area contributed by atoms with Gasteiger partial charge in [0.15, 0.2) is 0 Å². The van der Waals surface area contributed by atoms with Crippen LogP contribution in [0.4, 0.5) is 0 Å². The molecule has 0 aliphatic carbocycles. The molecule has 5 nitrogen and oxygen atoms in total. The lowest BCUT2D eigenvalue weighted by Gasteiger charge is -2.17. The highest BCUT2D eigenvalue weighted by Crippen LogP contribution is 2.50. The molecule has 2 atom stereocenters. The molecule has 0 saturated carbocycles. The summed E-state index contributed by atoms with van der Waals surface area (Å²) in [5.41, 5.74) is 0. The molecule has 2 unspecified atom stereocenters. The van der Waals surface area contributed by atoms with Gasteiger partial charge in [0, 0.05) is 0 Å². The molecule has 2 heterocycles. The molecule has 2 rings (SSSR count). The van der Waals surface area contributed by atoms with Crippen LogP contribution >= 0.6 is 7.60 Å². The normalized spacial score (nSPS) is 29.9. The monoisotopic (exact) mass is 264 g/mol. The van der Waals surface area contributed by atoms with E-state index in [1.54, 1.807) is 0 Å². The Kier molecular flexibility index (Phi) is 5.00. The van der Waals surface area contributed by atoms with Crippen LogP contribution in [-0.4, -0.2) is 44.8 Å². The summed E-state index contributed by atoms with van der Waals surface area (Å²) in [6.45, 7) is 4.30. The molecule has 0 aromatic heterocycles. The van der Waals surface area contributed by atoms with Crippen molar-refractivity contribution in [3.63, 3.8) is 0 Å². The van der Waals surface area contributed by atoms with Gasteiger partial charge in [-0.15, -0.1) is 0 Å². The summed E-state index contributed by atoms with van der Waals surface area (Å²) in [4.78, 5) is 0. The fourth-order valence-corrected chi connectivity index (χ4v) is 3.17. The second-order valence-corrected chi connectivity index (χ2v) is 6.73. The van der Waals surface area contributed by atoms with Crippen molar-refractivity contribution in [2.75, 3.05) is 32.6 Å². The van der Waals surface area contributed by atoms with Crippen molar-refractivity contribution in [2.45, 2.75) is 38.4 Å². The van der Waals surface area contributed by atoms with Gasteiger partial charge in [0.2, 0.25) is 0 Å². The molecule has 0 radical (unpaired) electrons. The first kappa shape index (κ1) is 13.5. The number of epoxide rings is 2. The summed E-state index contributed by atoms with van der Waals surface area (Å²) in [5.74, 6) is 0. The molecule has 2 saturated heterocycles. The van der Waals surface area contributed by atoms with Gasteiger partial charge in [-0.1, -0.05) is 19.8 Å². The van der Waals surface area contributed by atoms with Crippen LogP contribution in [0.2, 0.25) is 0 Å². The fourth-order valence-electron chi connectivity index (χ4n) is 1.44. The average Bonchev–Trinajstić information content (AvgIpc) is 3.18. The highest BCUT2D eigenvalue weighted by Gasteiger charge is 2.33. The van der Waals surface area contributed by atoms with Crippen LogP contribution < -0.4 is 0 Å². The van der Waals surface area contributed by atoms with Crippen LogP contribution in [0.3, 0.4) is 0 Å². The lowest BCUT2D eigenvalue weighted by molar-refractivity contribution is 0.176. The lowest BCUT2D eigenvalue weighted by atomic mass is 10.3. The SMILES string of the molecule is CCCCCP(=O)(OCC1CO1)OCC1CO1. The third kappa shape index (κ3) is 5.49. The largest absolute Gasteiger partial charge is 0.371 e. The summed E-state index contributed by atoms with van der Waals surface area (Å²) < 4.78 is 33.3. The van der Waals surface area contributed by atoms with Gasteiger partial charge in [-0.3, -0.25) is 4.57 Å². The first-order valence-corrected chi connectivity index (χ1v) is 8.06. The Bertz CT molecular complexity index is 255. The molecule has 2 aliphatic heterocycles. The third-order valence-electron chi connectivity index (χ3n) is 2.75. The maximum Gasteiger partial charge on any atom is 0.330 e. The molecule has 0 aromatic carbocycles. The van der Waals surface area contributed by atoms with Crippen LogP contribution in [-0.2, 0) is 23.1 Å².